The van der Waals surface area contributed by atoms with Crippen LogP contribution in [0.3, 0.4) is 0 Å². The van der Waals surface area contributed by atoms with Crippen LogP contribution in [0.5, 0.6) is 0 Å². The molecule has 1 aromatic heterocycles. The SMILES string of the molecule is C[C@@H](OCc1ccccc1)C(=O)N1CCC[C@@H](c2nncn2C)C1. The number of carbonyl (C=O) groups is 1. The van der Waals surface area contributed by atoms with Crippen molar-refractivity contribution in [2.24, 2.45) is 7.05 Å². The minimum Gasteiger partial charge on any atom is -0.364 e. The number of rotatable bonds is 5. The van der Waals surface area contributed by atoms with E-state index in [0.29, 0.717) is 13.2 Å². The molecule has 0 unspecified atom stereocenters. The molecule has 0 radical (unpaired) electrons. The zero-order valence-electron chi connectivity index (χ0n) is 14.3. The van der Waals surface area contributed by atoms with Crippen LogP contribution >= 0.6 is 0 Å². The van der Waals surface area contributed by atoms with Gasteiger partial charge in [0.05, 0.1) is 6.61 Å². The van der Waals surface area contributed by atoms with Crippen LogP contribution in [0.2, 0.25) is 0 Å². The van der Waals surface area contributed by atoms with Gasteiger partial charge in [-0.3, -0.25) is 4.79 Å². The molecule has 0 N–H and O–H groups in total. The van der Waals surface area contributed by atoms with Crippen molar-refractivity contribution in [3.63, 3.8) is 0 Å². The van der Waals surface area contributed by atoms with Gasteiger partial charge < -0.3 is 14.2 Å². The standard InChI is InChI=1S/C18H24N4O2/c1-14(24-12-15-7-4-3-5-8-15)18(23)22-10-6-9-16(11-22)17-20-19-13-21(17)2/h3-5,7-8,13-14,16H,6,9-12H2,1-2H3/t14-,16-/m1/s1. The number of ether oxygens (including phenoxy) is 1. The topological polar surface area (TPSA) is 60.2 Å². The minimum atomic E-state index is -0.441. The minimum absolute atomic E-state index is 0.0535. The van der Waals surface area contributed by atoms with E-state index in [0.717, 1.165) is 30.8 Å². The summed E-state index contributed by atoms with van der Waals surface area (Å²) in [6.07, 6.45) is 3.29. The fraction of sp³-hybridized carbons (Fsp3) is 0.500. The zero-order valence-corrected chi connectivity index (χ0v) is 14.3. The van der Waals surface area contributed by atoms with E-state index in [4.69, 9.17) is 4.74 Å². The Kier molecular flexibility index (Phi) is 5.25. The first kappa shape index (κ1) is 16.6. The summed E-state index contributed by atoms with van der Waals surface area (Å²) in [5.74, 6) is 1.25. The molecule has 2 aromatic rings. The molecule has 6 heteroatoms. The highest BCUT2D eigenvalue weighted by Crippen LogP contribution is 2.25. The monoisotopic (exact) mass is 328 g/mol. The van der Waals surface area contributed by atoms with Crippen LogP contribution in [-0.4, -0.2) is 44.8 Å². The summed E-state index contributed by atoms with van der Waals surface area (Å²) < 4.78 is 7.71. The Bertz CT molecular complexity index is 671. The Morgan fingerprint density at radius 2 is 2.17 bits per heavy atom. The Labute approximate surface area is 142 Å². The van der Waals surface area contributed by atoms with Gasteiger partial charge >= 0.3 is 0 Å². The lowest BCUT2D eigenvalue weighted by atomic mass is 9.97. The van der Waals surface area contributed by atoms with Crippen LogP contribution in [0.15, 0.2) is 36.7 Å². The van der Waals surface area contributed by atoms with Crippen molar-refractivity contribution >= 4 is 5.91 Å². The molecule has 3 rings (SSSR count). The summed E-state index contributed by atoms with van der Waals surface area (Å²) >= 11 is 0. The second-order valence-electron chi connectivity index (χ2n) is 6.36. The molecule has 1 aromatic carbocycles. The van der Waals surface area contributed by atoms with Gasteiger partial charge in [0.15, 0.2) is 0 Å². The summed E-state index contributed by atoms with van der Waals surface area (Å²) in [5, 5.41) is 8.15. The van der Waals surface area contributed by atoms with E-state index in [1.54, 1.807) is 6.33 Å². The predicted octanol–water partition coefficient (Wildman–Crippen LogP) is 2.13. The van der Waals surface area contributed by atoms with Crippen molar-refractivity contribution in [2.45, 2.75) is 38.4 Å². The van der Waals surface area contributed by atoms with Gasteiger partial charge in [-0.2, -0.15) is 0 Å². The molecule has 128 valence electrons. The second kappa shape index (κ2) is 7.57. The fourth-order valence-electron chi connectivity index (χ4n) is 3.17. The first-order valence-corrected chi connectivity index (χ1v) is 8.43. The number of hydrogen-bond acceptors (Lipinski definition) is 4. The molecule has 1 aliphatic rings. The third-order valence-corrected chi connectivity index (χ3v) is 4.54. The number of piperidine rings is 1. The number of likely N-dealkylation sites (tertiary alicyclic amines) is 1. The number of benzene rings is 1. The van der Waals surface area contributed by atoms with Crippen LogP contribution in [0.1, 0.15) is 37.1 Å². The Morgan fingerprint density at radius 3 is 2.88 bits per heavy atom. The van der Waals surface area contributed by atoms with E-state index in [9.17, 15) is 4.79 Å². The first-order chi connectivity index (χ1) is 11.6. The smallest absolute Gasteiger partial charge is 0.251 e. The van der Waals surface area contributed by atoms with Crippen LogP contribution < -0.4 is 0 Å². The van der Waals surface area contributed by atoms with Gasteiger partial charge in [0.1, 0.15) is 18.3 Å². The average molecular weight is 328 g/mol. The zero-order chi connectivity index (χ0) is 16.9. The van der Waals surface area contributed by atoms with Gasteiger partial charge in [-0.1, -0.05) is 30.3 Å². The lowest BCUT2D eigenvalue weighted by molar-refractivity contribution is -0.144. The number of aryl methyl sites for hydroxylation is 1. The normalized spacial score (nSPS) is 19.2. The molecular weight excluding hydrogens is 304 g/mol. The maximum absolute atomic E-state index is 12.7. The number of hydrogen-bond donors (Lipinski definition) is 0. The van der Waals surface area contributed by atoms with E-state index in [2.05, 4.69) is 10.2 Å². The Balaban J connectivity index is 1.56. The molecule has 0 bridgehead atoms. The van der Waals surface area contributed by atoms with Crippen molar-refractivity contribution < 1.29 is 9.53 Å². The van der Waals surface area contributed by atoms with Crippen molar-refractivity contribution in [1.29, 1.82) is 0 Å². The summed E-state index contributed by atoms with van der Waals surface area (Å²) in [4.78, 5) is 14.6. The van der Waals surface area contributed by atoms with E-state index >= 15 is 0 Å². The van der Waals surface area contributed by atoms with Crippen molar-refractivity contribution in [1.82, 2.24) is 19.7 Å². The van der Waals surface area contributed by atoms with Gasteiger partial charge in [0.2, 0.25) is 0 Å². The molecule has 1 saturated heterocycles. The number of amides is 1. The number of carbonyl (C=O) groups excluding carboxylic acids is 1. The summed E-state index contributed by atoms with van der Waals surface area (Å²) in [5.41, 5.74) is 1.08. The lowest BCUT2D eigenvalue weighted by Gasteiger charge is -2.33. The van der Waals surface area contributed by atoms with E-state index in [-0.39, 0.29) is 11.8 Å². The largest absolute Gasteiger partial charge is 0.364 e. The highest BCUT2D eigenvalue weighted by atomic mass is 16.5. The summed E-state index contributed by atoms with van der Waals surface area (Å²) in [6, 6.07) is 9.92. The van der Waals surface area contributed by atoms with E-state index in [1.165, 1.54) is 0 Å². The van der Waals surface area contributed by atoms with Gasteiger partial charge in [-0.15, -0.1) is 10.2 Å². The van der Waals surface area contributed by atoms with Crippen molar-refractivity contribution in [3.8, 4) is 0 Å². The molecule has 6 nitrogen and oxygen atoms in total. The summed E-state index contributed by atoms with van der Waals surface area (Å²) in [6.45, 7) is 3.75. The average Bonchev–Trinajstić information content (AvgIpc) is 3.06. The molecule has 0 aliphatic carbocycles. The highest BCUT2D eigenvalue weighted by Gasteiger charge is 2.29. The quantitative estimate of drug-likeness (QED) is 0.843. The van der Waals surface area contributed by atoms with Crippen LogP contribution in [-0.2, 0) is 23.2 Å². The molecule has 1 aliphatic heterocycles. The fourth-order valence-corrected chi connectivity index (χ4v) is 3.17. The van der Waals surface area contributed by atoms with Crippen molar-refractivity contribution in [3.05, 3.63) is 48.0 Å². The first-order valence-electron chi connectivity index (χ1n) is 8.43. The molecule has 0 saturated carbocycles. The third kappa shape index (κ3) is 3.82. The van der Waals surface area contributed by atoms with Gasteiger partial charge in [0.25, 0.3) is 5.91 Å². The molecule has 24 heavy (non-hydrogen) atoms. The van der Waals surface area contributed by atoms with E-state index < -0.39 is 6.10 Å². The van der Waals surface area contributed by atoms with Crippen molar-refractivity contribution in [2.75, 3.05) is 13.1 Å². The van der Waals surface area contributed by atoms with E-state index in [1.807, 2.05) is 53.8 Å². The van der Waals surface area contributed by atoms with Gasteiger partial charge in [-0.05, 0) is 25.3 Å². The third-order valence-electron chi connectivity index (χ3n) is 4.54. The van der Waals surface area contributed by atoms with Crippen LogP contribution in [0.4, 0.5) is 0 Å². The number of nitrogens with zero attached hydrogens (tertiary/aromatic N) is 4. The molecule has 2 heterocycles. The van der Waals surface area contributed by atoms with Gasteiger partial charge in [0, 0.05) is 26.1 Å². The highest BCUT2D eigenvalue weighted by molar-refractivity contribution is 5.80. The Hall–Kier alpha value is -2.21. The molecule has 1 amide bonds. The molecule has 1 fully saturated rings. The lowest BCUT2D eigenvalue weighted by Crippen LogP contribution is -2.44. The Morgan fingerprint density at radius 1 is 1.38 bits per heavy atom. The molecule has 2 atom stereocenters. The number of aromatic nitrogens is 3. The second-order valence-corrected chi connectivity index (χ2v) is 6.36. The predicted molar refractivity (Wildman–Crippen MR) is 90.3 cm³/mol. The van der Waals surface area contributed by atoms with Crippen LogP contribution in [0, 0.1) is 0 Å². The summed E-state index contributed by atoms with van der Waals surface area (Å²) in [7, 11) is 1.95. The molecule has 0 spiro atoms. The molecular formula is C18H24N4O2. The maximum atomic E-state index is 12.7. The maximum Gasteiger partial charge on any atom is 0.251 e. The van der Waals surface area contributed by atoms with Crippen LogP contribution in [0.25, 0.3) is 0 Å². The van der Waals surface area contributed by atoms with Gasteiger partial charge in [-0.25, -0.2) is 0 Å².